The summed E-state index contributed by atoms with van der Waals surface area (Å²) in [6, 6.07) is 0. The first kappa shape index (κ1) is 18.5. The molecule has 1 spiro atoms. The molecule has 4 heterocycles. The molecule has 0 aromatic carbocycles. The van der Waals surface area contributed by atoms with Gasteiger partial charge in [0.15, 0.2) is 0 Å². The molecule has 0 aliphatic carbocycles. The number of aryl methyl sites for hydroxylation is 1. The minimum absolute atomic E-state index is 0.0306. The Kier molecular flexibility index (Phi) is 5.23. The third kappa shape index (κ3) is 3.50. The second-order valence-corrected chi connectivity index (χ2v) is 8.18. The molecule has 1 saturated heterocycles. The van der Waals surface area contributed by atoms with Gasteiger partial charge in [0, 0.05) is 38.7 Å². The van der Waals surface area contributed by atoms with Crippen molar-refractivity contribution in [3.63, 3.8) is 0 Å². The molecular weight excluding hydrogens is 364 g/mol. The van der Waals surface area contributed by atoms with Crippen LogP contribution < -0.4 is 0 Å². The normalized spacial score (nSPS) is 19.4. The molecule has 4 rings (SSSR count). The number of nitrogens with zero attached hydrogens (tertiary/aromatic N) is 5. The SMILES string of the molecule is CCCN1CCc2[nH]cnc2C12CCN(C(=O)CSc1nnc(C)o1)CC2. The molecule has 146 valence electrons. The van der Waals surface area contributed by atoms with Crippen LogP contribution in [0.4, 0.5) is 0 Å². The number of carbonyl (C=O) groups is 1. The molecular formula is C18H26N6O2S. The Morgan fingerprint density at radius 3 is 2.85 bits per heavy atom. The number of hydrogen-bond donors (Lipinski definition) is 1. The molecule has 0 radical (unpaired) electrons. The van der Waals surface area contributed by atoms with E-state index in [2.05, 4.69) is 32.0 Å². The molecule has 0 bridgehead atoms. The Morgan fingerprint density at radius 1 is 1.33 bits per heavy atom. The average molecular weight is 391 g/mol. The lowest BCUT2D eigenvalue weighted by Gasteiger charge is -2.50. The standard InChI is InChI=1S/C18H26N6O2S/c1-3-7-24-8-4-14-16(20-12-19-14)18(24)5-9-23(10-6-18)15(25)11-27-17-22-21-13(2)26-17/h12H,3-11H2,1-2H3,(H,19,20). The number of H-pyrrole nitrogens is 1. The lowest BCUT2D eigenvalue weighted by Crippen LogP contribution is -2.57. The van der Waals surface area contributed by atoms with Gasteiger partial charge in [-0.15, -0.1) is 10.2 Å². The first-order valence-electron chi connectivity index (χ1n) is 9.61. The quantitative estimate of drug-likeness (QED) is 0.781. The topological polar surface area (TPSA) is 91.2 Å². The fourth-order valence-corrected chi connectivity index (χ4v) is 5.06. The van der Waals surface area contributed by atoms with Gasteiger partial charge in [0.05, 0.1) is 23.3 Å². The van der Waals surface area contributed by atoms with Crippen LogP contribution in [-0.2, 0) is 16.8 Å². The van der Waals surface area contributed by atoms with Crippen LogP contribution in [0, 0.1) is 6.92 Å². The van der Waals surface area contributed by atoms with Gasteiger partial charge < -0.3 is 14.3 Å². The smallest absolute Gasteiger partial charge is 0.277 e. The van der Waals surface area contributed by atoms with Crippen LogP contribution in [0.3, 0.4) is 0 Å². The van der Waals surface area contributed by atoms with E-state index in [0.717, 1.165) is 51.9 Å². The maximum atomic E-state index is 12.6. The van der Waals surface area contributed by atoms with Gasteiger partial charge in [0.25, 0.3) is 5.22 Å². The van der Waals surface area contributed by atoms with E-state index < -0.39 is 0 Å². The summed E-state index contributed by atoms with van der Waals surface area (Å²) in [7, 11) is 0. The van der Waals surface area contributed by atoms with Crippen molar-refractivity contribution in [3.05, 3.63) is 23.6 Å². The van der Waals surface area contributed by atoms with E-state index in [1.165, 1.54) is 23.1 Å². The van der Waals surface area contributed by atoms with E-state index in [-0.39, 0.29) is 11.4 Å². The number of likely N-dealkylation sites (tertiary alicyclic amines) is 1. The summed E-state index contributed by atoms with van der Waals surface area (Å²) < 4.78 is 5.33. The van der Waals surface area contributed by atoms with Crippen LogP contribution >= 0.6 is 11.8 Å². The maximum absolute atomic E-state index is 12.6. The summed E-state index contributed by atoms with van der Waals surface area (Å²) in [5.74, 6) is 0.986. The number of aromatic amines is 1. The van der Waals surface area contributed by atoms with Crippen LogP contribution in [-0.4, -0.2) is 67.8 Å². The number of nitrogens with one attached hydrogen (secondary N) is 1. The van der Waals surface area contributed by atoms with Gasteiger partial charge in [-0.3, -0.25) is 9.69 Å². The first-order valence-corrected chi connectivity index (χ1v) is 10.6. The van der Waals surface area contributed by atoms with E-state index in [1.807, 2.05) is 11.2 Å². The highest BCUT2D eigenvalue weighted by molar-refractivity contribution is 7.99. The minimum atomic E-state index is -0.0306. The number of thioether (sulfide) groups is 1. The summed E-state index contributed by atoms with van der Waals surface area (Å²) in [5, 5.41) is 8.19. The summed E-state index contributed by atoms with van der Waals surface area (Å²) in [6.07, 6.45) is 5.84. The van der Waals surface area contributed by atoms with Crippen LogP contribution in [0.5, 0.6) is 0 Å². The van der Waals surface area contributed by atoms with Gasteiger partial charge in [-0.25, -0.2) is 4.98 Å². The van der Waals surface area contributed by atoms with Crippen molar-refractivity contribution in [2.24, 2.45) is 0 Å². The molecule has 27 heavy (non-hydrogen) atoms. The zero-order valence-electron chi connectivity index (χ0n) is 15.9. The lowest BCUT2D eigenvalue weighted by molar-refractivity contribution is -0.131. The molecule has 8 nitrogen and oxygen atoms in total. The molecule has 2 aliphatic heterocycles. The molecule has 0 saturated carbocycles. The van der Waals surface area contributed by atoms with Crippen molar-refractivity contribution in [1.82, 2.24) is 30.0 Å². The van der Waals surface area contributed by atoms with Gasteiger partial charge in [0.2, 0.25) is 11.8 Å². The summed E-state index contributed by atoms with van der Waals surface area (Å²) in [4.78, 5) is 25.2. The highest BCUT2D eigenvalue weighted by Gasteiger charge is 2.46. The number of aromatic nitrogens is 4. The molecule has 2 aromatic rings. The van der Waals surface area contributed by atoms with Crippen LogP contribution in [0.25, 0.3) is 0 Å². The van der Waals surface area contributed by atoms with E-state index in [9.17, 15) is 4.79 Å². The zero-order chi connectivity index (χ0) is 18.9. The van der Waals surface area contributed by atoms with Crippen molar-refractivity contribution in [2.45, 2.75) is 50.3 Å². The largest absolute Gasteiger partial charge is 0.416 e. The van der Waals surface area contributed by atoms with Crippen molar-refractivity contribution in [3.8, 4) is 0 Å². The van der Waals surface area contributed by atoms with Gasteiger partial charge in [-0.2, -0.15) is 0 Å². The second kappa shape index (κ2) is 7.63. The maximum Gasteiger partial charge on any atom is 0.277 e. The molecule has 0 atom stereocenters. The first-order chi connectivity index (χ1) is 13.1. The van der Waals surface area contributed by atoms with Crippen molar-refractivity contribution >= 4 is 17.7 Å². The number of imidazole rings is 1. The predicted molar refractivity (Wildman–Crippen MR) is 101 cm³/mol. The van der Waals surface area contributed by atoms with E-state index >= 15 is 0 Å². The molecule has 2 aromatic heterocycles. The van der Waals surface area contributed by atoms with Crippen molar-refractivity contribution in [1.29, 1.82) is 0 Å². The number of carbonyl (C=O) groups excluding carboxylic acids is 1. The van der Waals surface area contributed by atoms with E-state index in [4.69, 9.17) is 4.42 Å². The highest BCUT2D eigenvalue weighted by atomic mass is 32.2. The van der Waals surface area contributed by atoms with Crippen LogP contribution in [0.1, 0.15) is 43.5 Å². The lowest BCUT2D eigenvalue weighted by atomic mass is 9.78. The average Bonchev–Trinajstić information content (AvgIpc) is 3.32. The number of hydrogen-bond acceptors (Lipinski definition) is 7. The fraction of sp³-hybridized carbons (Fsp3) is 0.667. The molecule has 0 unspecified atom stereocenters. The second-order valence-electron chi connectivity index (χ2n) is 7.25. The van der Waals surface area contributed by atoms with Gasteiger partial charge in [-0.05, 0) is 25.8 Å². The van der Waals surface area contributed by atoms with E-state index in [1.54, 1.807) is 6.92 Å². The van der Waals surface area contributed by atoms with Gasteiger partial charge in [0.1, 0.15) is 0 Å². The predicted octanol–water partition coefficient (Wildman–Crippen LogP) is 1.98. The van der Waals surface area contributed by atoms with E-state index in [0.29, 0.717) is 16.9 Å². The summed E-state index contributed by atoms with van der Waals surface area (Å²) in [5.41, 5.74) is 2.44. The molecule has 1 amide bonds. The molecule has 2 aliphatic rings. The Labute approximate surface area is 163 Å². The van der Waals surface area contributed by atoms with Crippen LogP contribution in [0.15, 0.2) is 16.0 Å². The van der Waals surface area contributed by atoms with Crippen molar-refractivity contribution < 1.29 is 9.21 Å². The number of piperidine rings is 1. The number of fused-ring (bicyclic) bond motifs is 2. The Hall–Kier alpha value is -1.87. The third-order valence-corrected chi connectivity index (χ3v) is 6.46. The van der Waals surface area contributed by atoms with Gasteiger partial charge >= 0.3 is 0 Å². The van der Waals surface area contributed by atoms with Crippen LogP contribution in [0.2, 0.25) is 0 Å². The monoisotopic (exact) mass is 390 g/mol. The summed E-state index contributed by atoms with van der Waals surface area (Å²) in [6.45, 7) is 7.63. The third-order valence-electron chi connectivity index (χ3n) is 5.66. The molecule has 1 N–H and O–H groups in total. The summed E-state index contributed by atoms with van der Waals surface area (Å²) >= 11 is 1.31. The Morgan fingerprint density at radius 2 is 2.15 bits per heavy atom. The number of amides is 1. The molecule has 9 heteroatoms. The number of rotatable bonds is 5. The highest BCUT2D eigenvalue weighted by Crippen LogP contribution is 2.42. The van der Waals surface area contributed by atoms with Crippen molar-refractivity contribution in [2.75, 3.05) is 31.9 Å². The molecule has 1 fully saturated rings. The Balaban J connectivity index is 1.41. The Bertz CT molecular complexity index is 795. The minimum Gasteiger partial charge on any atom is -0.416 e. The fourth-order valence-electron chi connectivity index (χ4n) is 4.35. The van der Waals surface area contributed by atoms with Gasteiger partial charge in [-0.1, -0.05) is 18.7 Å². The zero-order valence-corrected chi connectivity index (χ0v) is 16.7.